The Morgan fingerprint density at radius 1 is 1.32 bits per heavy atom. The third-order valence-electron chi connectivity index (χ3n) is 3.92. The number of aliphatic hydroxyl groups is 1. The zero-order valence-corrected chi connectivity index (χ0v) is 14.5. The Bertz CT molecular complexity index is 681. The van der Waals surface area contributed by atoms with Crippen molar-refractivity contribution in [3.05, 3.63) is 29.3 Å². The first kappa shape index (κ1) is 19.2. The molecule has 1 aliphatic heterocycles. The number of alkyl halides is 3. The van der Waals surface area contributed by atoms with E-state index in [1.165, 1.54) is 0 Å². The number of aryl methyl sites for hydroxylation is 2. The maximum Gasteiger partial charge on any atom is 0.438 e. The Kier molecular flexibility index (Phi) is 5.13. The lowest BCUT2D eigenvalue weighted by Gasteiger charge is -2.32. The van der Waals surface area contributed by atoms with Crippen molar-refractivity contribution >= 4 is 11.6 Å². The number of hydrazone groups is 1. The summed E-state index contributed by atoms with van der Waals surface area (Å²) >= 11 is 0. The molecular formula is C17H21F3N2O3. The van der Waals surface area contributed by atoms with E-state index in [1.54, 1.807) is 26.0 Å². The van der Waals surface area contributed by atoms with Crippen molar-refractivity contribution < 1.29 is 27.8 Å². The molecular weight excluding hydrogens is 337 g/mol. The van der Waals surface area contributed by atoms with Crippen molar-refractivity contribution in [1.29, 1.82) is 0 Å². The molecule has 5 nitrogen and oxygen atoms in total. The van der Waals surface area contributed by atoms with Crippen molar-refractivity contribution in [2.75, 3.05) is 6.61 Å². The van der Waals surface area contributed by atoms with Gasteiger partial charge >= 0.3 is 6.18 Å². The first-order valence-corrected chi connectivity index (χ1v) is 7.84. The summed E-state index contributed by atoms with van der Waals surface area (Å²) in [6, 6.07) is 5.24. The summed E-state index contributed by atoms with van der Waals surface area (Å²) in [4.78, 5) is 12.3. The zero-order valence-electron chi connectivity index (χ0n) is 14.5. The van der Waals surface area contributed by atoms with Gasteiger partial charge in [0.15, 0.2) is 6.61 Å². The minimum atomic E-state index is -5.03. The molecule has 1 aromatic rings. The van der Waals surface area contributed by atoms with Crippen LogP contribution >= 0.6 is 0 Å². The quantitative estimate of drug-likeness (QED) is 0.899. The molecule has 0 saturated heterocycles. The van der Waals surface area contributed by atoms with Crippen LogP contribution in [0.1, 0.15) is 31.4 Å². The number of carbonyl (C=O) groups excluding carboxylic acids is 1. The first-order chi connectivity index (χ1) is 11.4. The van der Waals surface area contributed by atoms with Crippen LogP contribution in [0.25, 0.3) is 0 Å². The Morgan fingerprint density at radius 2 is 1.88 bits per heavy atom. The second kappa shape index (κ2) is 6.67. The van der Waals surface area contributed by atoms with Gasteiger partial charge in [-0.15, -0.1) is 0 Å². The lowest BCUT2D eigenvalue weighted by Crippen LogP contribution is -2.57. The number of halogens is 3. The summed E-state index contributed by atoms with van der Waals surface area (Å²) in [6.45, 7) is 6.31. The standard InChI is InChI=1S/C17H21F3N2O3/c1-10(2)14-8-16(24,17(18,19)20)22(21-14)15(23)9-25-13-6-11(3)5-12(4)7-13/h5-7,10,24H,8-9H2,1-4H3. The minimum Gasteiger partial charge on any atom is -0.484 e. The molecule has 1 atom stereocenters. The van der Waals surface area contributed by atoms with Crippen LogP contribution in [0.15, 0.2) is 23.3 Å². The van der Waals surface area contributed by atoms with Crippen LogP contribution in [0.5, 0.6) is 5.75 Å². The fourth-order valence-electron chi connectivity index (χ4n) is 2.60. The van der Waals surface area contributed by atoms with Crippen LogP contribution in [0.4, 0.5) is 13.2 Å². The van der Waals surface area contributed by atoms with Crippen LogP contribution in [0.2, 0.25) is 0 Å². The molecule has 0 spiro atoms. The number of rotatable bonds is 4. The van der Waals surface area contributed by atoms with Crippen molar-refractivity contribution in [2.45, 2.75) is 46.0 Å². The number of amides is 1. The van der Waals surface area contributed by atoms with E-state index in [-0.39, 0.29) is 16.6 Å². The molecule has 25 heavy (non-hydrogen) atoms. The van der Waals surface area contributed by atoms with Gasteiger partial charge in [-0.1, -0.05) is 19.9 Å². The monoisotopic (exact) mass is 358 g/mol. The molecule has 1 N–H and O–H groups in total. The van der Waals surface area contributed by atoms with Crippen molar-refractivity contribution in [3.63, 3.8) is 0 Å². The highest BCUT2D eigenvalue weighted by molar-refractivity contribution is 5.92. The van der Waals surface area contributed by atoms with Crippen molar-refractivity contribution in [2.24, 2.45) is 11.0 Å². The Morgan fingerprint density at radius 3 is 2.36 bits per heavy atom. The predicted molar refractivity (Wildman–Crippen MR) is 86.2 cm³/mol. The van der Waals surface area contributed by atoms with Crippen LogP contribution in [-0.2, 0) is 4.79 Å². The maximum atomic E-state index is 13.3. The van der Waals surface area contributed by atoms with E-state index >= 15 is 0 Å². The van der Waals surface area contributed by atoms with E-state index in [0.29, 0.717) is 5.75 Å². The highest BCUT2D eigenvalue weighted by Crippen LogP contribution is 2.41. The molecule has 1 aliphatic rings. The van der Waals surface area contributed by atoms with Crippen molar-refractivity contribution in [1.82, 2.24) is 5.01 Å². The van der Waals surface area contributed by atoms with Crippen molar-refractivity contribution in [3.8, 4) is 5.75 Å². The molecule has 1 aromatic carbocycles. The van der Waals surface area contributed by atoms with Gasteiger partial charge in [0.1, 0.15) is 5.75 Å². The smallest absolute Gasteiger partial charge is 0.438 e. The maximum absolute atomic E-state index is 13.3. The first-order valence-electron chi connectivity index (χ1n) is 7.84. The van der Waals surface area contributed by atoms with Gasteiger partial charge in [-0.05, 0) is 43.0 Å². The molecule has 0 aromatic heterocycles. The van der Waals surface area contributed by atoms with Gasteiger partial charge in [0.2, 0.25) is 0 Å². The number of nitrogens with zero attached hydrogens (tertiary/aromatic N) is 2. The van der Waals surface area contributed by atoms with Gasteiger partial charge in [-0.3, -0.25) is 4.79 Å². The van der Waals surface area contributed by atoms with E-state index in [1.807, 2.05) is 19.9 Å². The van der Waals surface area contributed by atoms with Gasteiger partial charge in [0.05, 0.1) is 0 Å². The van der Waals surface area contributed by atoms with Crippen LogP contribution in [-0.4, -0.2) is 40.2 Å². The second-order valence-corrected chi connectivity index (χ2v) is 6.55. The third kappa shape index (κ3) is 3.95. The van der Waals surface area contributed by atoms with E-state index in [9.17, 15) is 23.1 Å². The molecule has 8 heteroatoms. The summed E-state index contributed by atoms with van der Waals surface area (Å²) in [6.07, 6.45) is -5.79. The minimum absolute atomic E-state index is 0.102. The highest BCUT2D eigenvalue weighted by atomic mass is 19.4. The summed E-state index contributed by atoms with van der Waals surface area (Å²) in [7, 11) is 0. The Labute approximate surface area is 144 Å². The molecule has 1 heterocycles. The summed E-state index contributed by atoms with van der Waals surface area (Å²) in [5.74, 6) is -1.02. The van der Waals surface area contributed by atoms with Gasteiger partial charge in [0.25, 0.3) is 11.6 Å². The number of hydrogen-bond donors (Lipinski definition) is 1. The average molecular weight is 358 g/mol. The van der Waals surface area contributed by atoms with Gasteiger partial charge in [0, 0.05) is 12.1 Å². The number of carbonyl (C=O) groups is 1. The highest BCUT2D eigenvalue weighted by Gasteiger charge is 2.63. The normalized spacial score (nSPS) is 20.8. The largest absolute Gasteiger partial charge is 0.484 e. The van der Waals surface area contributed by atoms with Gasteiger partial charge in [-0.2, -0.15) is 23.3 Å². The lowest BCUT2D eigenvalue weighted by atomic mass is 9.99. The summed E-state index contributed by atoms with van der Waals surface area (Å²) < 4.78 is 45.2. The Hall–Kier alpha value is -2.09. The van der Waals surface area contributed by atoms with E-state index < -0.39 is 30.8 Å². The number of ether oxygens (including phenoxy) is 1. The fourth-order valence-corrected chi connectivity index (χ4v) is 2.60. The van der Waals surface area contributed by atoms with E-state index in [0.717, 1.165) is 11.1 Å². The van der Waals surface area contributed by atoms with Crippen LogP contribution in [0, 0.1) is 19.8 Å². The Balaban J connectivity index is 2.19. The van der Waals surface area contributed by atoms with Gasteiger partial charge < -0.3 is 9.84 Å². The lowest BCUT2D eigenvalue weighted by molar-refractivity contribution is -0.302. The van der Waals surface area contributed by atoms with Crippen LogP contribution < -0.4 is 4.74 Å². The second-order valence-electron chi connectivity index (χ2n) is 6.55. The molecule has 1 amide bonds. The van der Waals surface area contributed by atoms with E-state index in [2.05, 4.69) is 5.10 Å². The summed E-state index contributed by atoms with van der Waals surface area (Å²) in [5.41, 5.74) is -1.43. The molecule has 2 rings (SSSR count). The molecule has 0 radical (unpaired) electrons. The van der Waals surface area contributed by atoms with Crippen LogP contribution in [0.3, 0.4) is 0 Å². The molecule has 1 unspecified atom stereocenters. The number of hydrogen-bond acceptors (Lipinski definition) is 4. The molecule has 0 aliphatic carbocycles. The third-order valence-corrected chi connectivity index (χ3v) is 3.92. The fraction of sp³-hybridized carbons (Fsp3) is 0.529. The zero-order chi connectivity index (χ0) is 19.0. The van der Waals surface area contributed by atoms with E-state index in [4.69, 9.17) is 4.74 Å². The van der Waals surface area contributed by atoms with Gasteiger partial charge in [-0.25, -0.2) is 0 Å². The molecule has 0 bridgehead atoms. The molecule has 138 valence electrons. The molecule has 0 saturated carbocycles. The summed E-state index contributed by atoms with van der Waals surface area (Å²) in [5, 5.41) is 13.9. The predicted octanol–water partition coefficient (Wildman–Crippen LogP) is 3.18. The molecule has 0 fully saturated rings. The average Bonchev–Trinajstić information content (AvgIpc) is 2.83. The SMILES string of the molecule is Cc1cc(C)cc(OCC(=O)N2N=C(C(C)C)CC2(O)C(F)(F)F)c1. The number of benzene rings is 1. The topological polar surface area (TPSA) is 62.1 Å².